The molecule has 6 rings (SSSR count). The molecule has 3 aliphatic carbocycles. The number of benzene rings is 2. The summed E-state index contributed by atoms with van der Waals surface area (Å²) >= 11 is 0. The Morgan fingerprint density at radius 1 is 1.00 bits per heavy atom. The van der Waals surface area contributed by atoms with Crippen molar-refractivity contribution >= 4 is 23.4 Å². The lowest BCUT2D eigenvalue weighted by Crippen LogP contribution is -2.43. The van der Waals surface area contributed by atoms with Crippen molar-refractivity contribution in [3.05, 3.63) is 66.2 Å². The van der Waals surface area contributed by atoms with Gasteiger partial charge in [0, 0.05) is 23.4 Å². The van der Waals surface area contributed by atoms with Gasteiger partial charge in [-0.3, -0.25) is 4.79 Å². The molecule has 0 spiro atoms. The van der Waals surface area contributed by atoms with Gasteiger partial charge in [0.15, 0.2) is 0 Å². The van der Waals surface area contributed by atoms with Crippen LogP contribution in [0.5, 0.6) is 0 Å². The standard InChI is InChI=1S/C29H32N4O2/c1-35-27(34)29(14-5-15-29)22-10-12-23(13-11-22)30-28-32-25(20-6-3-2-4-7-20)18-26(33-28)31-24-17-19-8-9-21(24)16-19/h2-4,6-7,10-13,18-19,21,24H,5,8-9,14-17H2,1H3,(H2,30,31,32,33). The number of nitrogens with zero attached hydrogens (tertiary/aromatic N) is 2. The van der Waals surface area contributed by atoms with Crippen molar-refractivity contribution in [1.82, 2.24) is 9.97 Å². The Balaban J connectivity index is 1.26. The van der Waals surface area contributed by atoms with E-state index in [2.05, 4.69) is 28.8 Å². The average Bonchev–Trinajstić information content (AvgIpc) is 3.48. The van der Waals surface area contributed by atoms with Crippen LogP contribution in [0.1, 0.15) is 50.5 Å². The fourth-order valence-corrected chi connectivity index (χ4v) is 6.28. The van der Waals surface area contributed by atoms with Crippen molar-refractivity contribution in [3.8, 4) is 11.3 Å². The number of fused-ring (bicyclic) bond motifs is 2. The Labute approximate surface area is 206 Å². The van der Waals surface area contributed by atoms with Crippen LogP contribution in [0.3, 0.4) is 0 Å². The van der Waals surface area contributed by atoms with E-state index in [1.807, 2.05) is 42.5 Å². The first-order valence-corrected chi connectivity index (χ1v) is 12.8. The lowest BCUT2D eigenvalue weighted by Gasteiger charge is -2.39. The van der Waals surface area contributed by atoms with Crippen molar-refractivity contribution in [2.24, 2.45) is 11.8 Å². The number of nitrogens with one attached hydrogen (secondary N) is 2. The first-order chi connectivity index (χ1) is 17.1. The van der Waals surface area contributed by atoms with Crippen LogP contribution in [0.25, 0.3) is 11.3 Å². The van der Waals surface area contributed by atoms with E-state index >= 15 is 0 Å². The molecule has 2 N–H and O–H groups in total. The summed E-state index contributed by atoms with van der Waals surface area (Å²) in [6.07, 6.45) is 8.01. The second-order valence-electron chi connectivity index (χ2n) is 10.4. The maximum atomic E-state index is 12.4. The maximum Gasteiger partial charge on any atom is 0.316 e. The van der Waals surface area contributed by atoms with Gasteiger partial charge in [-0.25, -0.2) is 4.98 Å². The van der Waals surface area contributed by atoms with E-state index < -0.39 is 5.41 Å². The van der Waals surface area contributed by atoms with Crippen LogP contribution in [-0.2, 0) is 14.9 Å². The quantitative estimate of drug-likeness (QED) is 0.409. The monoisotopic (exact) mass is 468 g/mol. The van der Waals surface area contributed by atoms with Crippen LogP contribution < -0.4 is 10.6 Å². The molecule has 0 radical (unpaired) electrons. The highest BCUT2D eigenvalue weighted by molar-refractivity contribution is 5.84. The van der Waals surface area contributed by atoms with Gasteiger partial charge in [-0.05, 0) is 61.6 Å². The van der Waals surface area contributed by atoms with Gasteiger partial charge in [0.25, 0.3) is 0 Å². The SMILES string of the molecule is COC(=O)C1(c2ccc(Nc3nc(NC4CC5CCC4C5)cc(-c4ccccc4)n3)cc2)CCC1. The zero-order chi connectivity index (χ0) is 23.8. The number of carbonyl (C=O) groups excluding carboxylic acids is 1. The van der Waals surface area contributed by atoms with Gasteiger partial charge in [-0.2, -0.15) is 4.98 Å². The molecule has 0 aliphatic heterocycles. The van der Waals surface area contributed by atoms with E-state index in [-0.39, 0.29) is 5.97 Å². The molecule has 1 aromatic heterocycles. The topological polar surface area (TPSA) is 76.1 Å². The largest absolute Gasteiger partial charge is 0.468 e. The van der Waals surface area contributed by atoms with Crippen LogP contribution >= 0.6 is 0 Å². The summed E-state index contributed by atoms with van der Waals surface area (Å²) < 4.78 is 5.10. The minimum absolute atomic E-state index is 0.139. The third-order valence-corrected chi connectivity index (χ3v) is 8.34. The molecule has 3 unspecified atom stereocenters. The molecule has 35 heavy (non-hydrogen) atoms. The Hall–Kier alpha value is -3.41. The normalized spacial score (nSPS) is 24.0. The first kappa shape index (κ1) is 22.1. The molecule has 6 nitrogen and oxygen atoms in total. The van der Waals surface area contributed by atoms with Gasteiger partial charge in [0.05, 0.1) is 18.2 Å². The fraction of sp³-hybridized carbons (Fsp3) is 0.414. The molecular weight excluding hydrogens is 436 g/mol. The van der Waals surface area contributed by atoms with Crippen LogP contribution in [0.2, 0.25) is 0 Å². The van der Waals surface area contributed by atoms with Crippen molar-refractivity contribution in [1.29, 1.82) is 0 Å². The summed E-state index contributed by atoms with van der Waals surface area (Å²) in [6, 6.07) is 20.8. The van der Waals surface area contributed by atoms with Crippen LogP contribution in [0.4, 0.5) is 17.5 Å². The van der Waals surface area contributed by atoms with E-state index in [0.717, 1.165) is 59.4 Å². The fourth-order valence-electron chi connectivity index (χ4n) is 6.28. The van der Waals surface area contributed by atoms with E-state index in [1.165, 1.54) is 32.8 Å². The molecule has 3 fully saturated rings. The molecule has 3 aromatic rings. The van der Waals surface area contributed by atoms with Gasteiger partial charge < -0.3 is 15.4 Å². The summed E-state index contributed by atoms with van der Waals surface area (Å²) in [5.74, 6) is 2.92. The zero-order valence-corrected chi connectivity index (χ0v) is 20.2. The van der Waals surface area contributed by atoms with Crippen LogP contribution in [0.15, 0.2) is 60.7 Å². The number of rotatable bonds is 7. The predicted molar refractivity (Wildman–Crippen MR) is 138 cm³/mol. The van der Waals surface area contributed by atoms with E-state index in [4.69, 9.17) is 14.7 Å². The number of aromatic nitrogens is 2. The molecule has 180 valence electrons. The minimum atomic E-state index is -0.491. The Kier molecular flexibility index (Phi) is 5.67. The van der Waals surface area contributed by atoms with Crippen LogP contribution in [0, 0.1) is 11.8 Å². The highest BCUT2D eigenvalue weighted by atomic mass is 16.5. The van der Waals surface area contributed by atoms with E-state index in [9.17, 15) is 4.79 Å². The number of methoxy groups -OCH3 is 1. The molecule has 3 aliphatic rings. The van der Waals surface area contributed by atoms with Gasteiger partial charge >= 0.3 is 5.97 Å². The molecule has 6 heteroatoms. The number of esters is 1. The second kappa shape index (κ2) is 8.99. The van der Waals surface area contributed by atoms with Crippen molar-refractivity contribution < 1.29 is 9.53 Å². The van der Waals surface area contributed by atoms with Crippen molar-refractivity contribution in [3.63, 3.8) is 0 Å². The molecule has 0 saturated heterocycles. The molecule has 1 heterocycles. The second-order valence-corrected chi connectivity index (χ2v) is 10.4. The summed E-state index contributed by atoms with van der Waals surface area (Å²) in [7, 11) is 1.47. The summed E-state index contributed by atoms with van der Waals surface area (Å²) in [5, 5.41) is 7.12. The molecule has 2 aromatic carbocycles. The molecule has 3 saturated carbocycles. The number of hydrogen-bond donors (Lipinski definition) is 2. The zero-order valence-electron chi connectivity index (χ0n) is 20.2. The summed E-state index contributed by atoms with van der Waals surface area (Å²) in [6.45, 7) is 0. The number of hydrogen-bond acceptors (Lipinski definition) is 6. The minimum Gasteiger partial charge on any atom is -0.468 e. The molecular formula is C29H32N4O2. The molecule has 3 atom stereocenters. The molecule has 2 bridgehead atoms. The number of ether oxygens (including phenoxy) is 1. The van der Waals surface area contributed by atoms with Gasteiger partial charge in [-0.15, -0.1) is 0 Å². The number of carbonyl (C=O) groups is 1. The third kappa shape index (κ3) is 4.15. The van der Waals surface area contributed by atoms with Gasteiger partial charge in [0.2, 0.25) is 5.95 Å². The average molecular weight is 469 g/mol. The highest BCUT2D eigenvalue weighted by Gasteiger charge is 2.46. The third-order valence-electron chi connectivity index (χ3n) is 8.34. The Bertz CT molecular complexity index is 1210. The lowest BCUT2D eigenvalue weighted by atomic mass is 9.64. The highest BCUT2D eigenvalue weighted by Crippen LogP contribution is 2.46. The van der Waals surface area contributed by atoms with Gasteiger partial charge in [-0.1, -0.05) is 55.3 Å². The van der Waals surface area contributed by atoms with Crippen molar-refractivity contribution in [2.75, 3.05) is 17.7 Å². The summed E-state index contributed by atoms with van der Waals surface area (Å²) in [5.41, 5.74) is 3.37. The lowest BCUT2D eigenvalue weighted by molar-refractivity contribution is -0.151. The smallest absolute Gasteiger partial charge is 0.316 e. The predicted octanol–water partition coefficient (Wildman–Crippen LogP) is 6.08. The Morgan fingerprint density at radius 2 is 1.80 bits per heavy atom. The molecule has 0 amide bonds. The van der Waals surface area contributed by atoms with Crippen LogP contribution in [-0.4, -0.2) is 29.1 Å². The number of anilines is 3. The summed E-state index contributed by atoms with van der Waals surface area (Å²) in [4.78, 5) is 22.1. The first-order valence-electron chi connectivity index (χ1n) is 12.8. The Morgan fingerprint density at radius 3 is 2.43 bits per heavy atom. The van der Waals surface area contributed by atoms with E-state index in [0.29, 0.717) is 12.0 Å². The van der Waals surface area contributed by atoms with Gasteiger partial charge in [0.1, 0.15) is 5.82 Å². The van der Waals surface area contributed by atoms with E-state index in [1.54, 1.807) is 0 Å². The maximum absolute atomic E-state index is 12.4. The van der Waals surface area contributed by atoms with Crippen molar-refractivity contribution in [2.45, 2.75) is 56.4 Å².